The summed E-state index contributed by atoms with van der Waals surface area (Å²) < 4.78 is 52.3. The molecule has 0 radical (unpaired) electrons. The van der Waals surface area contributed by atoms with Gasteiger partial charge >= 0.3 is 5.97 Å². The monoisotopic (exact) mass is 405 g/mol. The minimum atomic E-state index is -1.04. The first-order chi connectivity index (χ1) is 13.9. The Morgan fingerprint density at radius 2 is 1.97 bits per heavy atom. The van der Waals surface area contributed by atoms with Gasteiger partial charge in [0.1, 0.15) is 17.5 Å². The molecule has 0 saturated carbocycles. The topological polar surface area (TPSA) is 64.6 Å². The number of rotatable bonds is 3. The Morgan fingerprint density at radius 3 is 2.62 bits per heavy atom. The first-order valence-corrected chi connectivity index (χ1v) is 9.16. The molecule has 2 heterocycles. The Balaban J connectivity index is 1.89. The van der Waals surface area contributed by atoms with Crippen molar-refractivity contribution in [2.75, 3.05) is 25.6 Å². The molecule has 152 valence electrons. The standard InChI is InChI=1S/C21H18F3NO4/c1-28-21(27)14-6-12(23)8-16-17(14)20(26)18(13-3-2-11(22)7-15(13)24)19(25-16)10-4-5-29-9-10/h2-3,6-8,10,18-19,25H,4-5,9H2,1H3/t10?,18-,19-/m0/s1. The fourth-order valence-corrected chi connectivity index (χ4v) is 4.15. The van der Waals surface area contributed by atoms with E-state index in [0.717, 1.165) is 25.3 Å². The molecule has 0 amide bonds. The van der Waals surface area contributed by atoms with E-state index in [2.05, 4.69) is 10.1 Å². The molecule has 1 fully saturated rings. The fraction of sp³-hybridized carbons (Fsp3) is 0.333. The number of ether oxygens (including phenoxy) is 2. The molecule has 8 heteroatoms. The molecule has 3 atom stereocenters. The number of Topliss-reactive ketones (excluding diaryl/α,β-unsaturated/α-hetero) is 1. The quantitative estimate of drug-likeness (QED) is 0.790. The van der Waals surface area contributed by atoms with Gasteiger partial charge in [0.25, 0.3) is 0 Å². The van der Waals surface area contributed by atoms with Crippen LogP contribution in [0, 0.1) is 23.4 Å². The highest BCUT2D eigenvalue weighted by molar-refractivity contribution is 6.14. The van der Waals surface area contributed by atoms with Crippen LogP contribution in [0.5, 0.6) is 0 Å². The van der Waals surface area contributed by atoms with E-state index in [0.29, 0.717) is 25.7 Å². The molecule has 0 aliphatic carbocycles. The number of benzene rings is 2. The highest BCUT2D eigenvalue weighted by atomic mass is 19.1. The second kappa shape index (κ2) is 7.51. The molecule has 29 heavy (non-hydrogen) atoms. The van der Waals surface area contributed by atoms with Crippen LogP contribution in [0.1, 0.15) is 38.6 Å². The van der Waals surface area contributed by atoms with Crippen LogP contribution in [0.3, 0.4) is 0 Å². The number of hydrogen-bond donors (Lipinski definition) is 1. The molecule has 2 aliphatic rings. The third kappa shape index (κ3) is 3.37. The van der Waals surface area contributed by atoms with Gasteiger partial charge in [-0.3, -0.25) is 4.79 Å². The zero-order chi connectivity index (χ0) is 20.7. The number of methoxy groups -OCH3 is 1. The number of anilines is 1. The maximum Gasteiger partial charge on any atom is 0.338 e. The number of fused-ring (bicyclic) bond motifs is 1. The van der Waals surface area contributed by atoms with Crippen molar-refractivity contribution in [3.63, 3.8) is 0 Å². The molecule has 1 unspecified atom stereocenters. The van der Waals surface area contributed by atoms with Crippen LogP contribution in [0.2, 0.25) is 0 Å². The third-order valence-electron chi connectivity index (χ3n) is 5.49. The number of halogens is 3. The van der Waals surface area contributed by atoms with E-state index in [1.807, 2.05) is 0 Å². The van der Waals surface area contributed by atoms with Crippen LogP contribution in [-0.4, -0.2) is 38.1 Å². The lowest BCUT2D eigenvalue weighted by atomic mass is 9.74. The van der Waals surface area contributed by atoms with E-state index in [1.54, 1.807) is 0 Å². The van der Waals surface area contributed by atoms with Crippen molar-refractivity contribution in [1.82, 2.24) is 0 Å². The molecule has 0 aromatic heterocycles. The van der Waals surface area contributed by atoms with Gasteiger partial charge in [-0.1, -0.05) is 6.07 Å². The lowest BCUT2D eigenvalue weighted by molar-refractivity contribution is 0.0595. The zero-order valence-corrected chi connectivity index (χ0v) is 15.5. The Morgan fingerprint density at radius 1 is 1.17 bits per heavy atom. The van der Waals surface area contributed by atoms with Gasteiger partial charge in [0, 0.05) is 35.9 Å². The smallest absolute Gasteiger partial charge is 0.338 e. The van der Waals surface area contributed by atoms with E-state index >= 15 is 0 Å². The van der Waals surface area contributed by atoms with Gasteiger partial charge in [0.2, 0.25) is 0 Å². The number of carbonyl (C=O) groups is 2. The van der Waals surface area contributed by atoms with Gasteiger partial charge in [-0.2, -0.15) is 0 Å². The molecule has 0 bridgehead atoms. The summed E-state index contributed by atoms with van der Waals surface area (Å²) in [5.41, 5.74) is -0.159. The second-order valence-electron chi connectivity index (χ2n) is 7.17. The molecule has 4 rings (SSSR count). The molecular weight excluding hydrogens is 387 g/mol. The first-order valence-electron chi connectivity index (χ1n) is 9.16. The number of ketones is 1. The Labute approximate surface area is 164 Å². The largest absolute Gasteiger partial charge is 0.465 e. The van der Waals surface area contributed by atoms with Gasteiger partial charge in [0.05, 0.1) is 30.8 Å². The molecule has 2 aromatic rings. The normalized spacial score (nSPS) is 23.4. The minimum Gasteiger partial charge on any atom is -0.465 e. The highest BCUT2D eigenvalue weighted by Crippen LogP contribution is 2.42. The number of hydrogen-bond acceptors (Lipinski definition) is 5. The van der Waals surface area contributed by atoms with Crippen LogP contribution in [0.4, 0.5) is 18.9 Å². The first kappa shape index (κ1) is 19.4. The van der Waals surface area contributed by atoms with Crippen LogP contribution in [-0.2, 0) is 9.47 Å². The van der Waals surface area contributed by atoms with Crippen molar-refractivity contribution in [3.05, 3.63) is 64.5 Å². The van der Waals surface area contributed by atoms with Gasteiger partial charge in [0.15, 0.2) is 5.78 Å². The number of carbonyl (C=O) groups excluding carboxylic acids is 2. The summed E-state index contributed by atoms with van der Waals surface area (Å²) in [6.45, 7) is 0.831. The van der Waals surface area contributed by atoms with Crippen molar-refractivity contribution in [2.24, 2.45) is 5.92 Å². The molecular formula is C21H18F3NO4. The average Bonchev–Trinajstić information content (AvgIpc) is 3.22. The highest BCUT2D eigenvalue weighted by Gasteiger charge is 2.44. The summed E-state index contributed by atoms with van der Waals surface area (Å²) >= 11 is 0. The molecule has 2 aromatic carbocycles. The summed E-state index contributed by atoms with van der Waals surface area (Å²) in [5, 5.41) is 3.11. The van der Waals surface area contributed by atoms with Crippen molar-refractivity contribution >= 4 is 17.4 Å². The lowest BCUT2D eigenvalue weighted by Gasteiger charge is -2.37. The van der Waals surface area contributed by atoms with Crippen molar-refractivity contribution in [2.45, 2.75) is 18.4 Å². The predicted molar refractivity (Wildman–Crippen MR) is 97.5 cm³/mol. The summed E-state index contributed by atoms with van der Waals surface area (Å²) in [5.74, 6) is -4.95. The Kier molecular flexibility index (Phi) is 5.04. The summed E-state index contributed by atoms with van der Waals surface area (Å²) in [6, 6.07) is 4.46. The fourth-order valence-electron chi connectivity index (χ4n) is 4.15. The van der Waals surface area contributed by atoms with E-state index in [9.17, 15) is 22.8 Å². The number of nitrogens with one attached hydrogen (secondary N) is 1. The van der Waals surface area contributed by atoms with Gasteiger partial charge in [-0.05, 0) is 24.6 Å². The summed E-state index contributed by atoms with van der Waals surface area (Å²) in [7, 11) is 1.12. The maximum atomic E-state index is 14.6. The molecule has 0 spiro atoms. The van der Waals surface area contributed by atoms with Crippen molar-refractivity contribution in [3.8, 4) is 0 Å². The van der Waals surface area contributed by atoms with Crippen LogP contribution >= 0.6 is 0 Å². The Hall–Kier alpha value is -2.87. The van der Waals surface area contributed by atoms with Crippen molar-refractivity contribution in [1.29, 1.82) is 0 Å². The maximum absolute atomic E-state index is 14.6. The molecule has 1 saturated heterocycles. The van der Waals surface area contributed by atoms with Gasteiger partial charge in [-0.25, -0.2) is 18.0 Å². The molecule has 5 nitrogen and oxygen atoms in total. The van der Waals surface area contributed by atoms with E-state index in [4.69, 9.17) is 4.74 Å². The van der Waals surface area contributed by atoms with Crippen LogP contribution in [0.15, 0.2) is 30.3 Å². The lowest BCUT2D eigenvalue weighted by Crippen LogP contribution is -2.44. The second-order valence-corrected chi connectivity index (χ2v) is 7.17. The van der Waals surface area contributed by atoms with Crippen molar-refractivity contribution < 1.29 is 32.2 Å². The van der Waals surface area contributed by atoms with Gasteiger partial charge in [-0.15, -0.1) is 0 Å². The predicted octanol–water partition coefficient (Wildman–Crippen LogP) is 3.69. The summed E-state index contributed by atoms with van der Waals surface area (Å²) in [4.78, 5) is 25.7. The Bertz CT molecular complexity index is 988. The number of esters is 1. The molecule has 1 N–H and O–H groups in total. The van der Waals surface area contributed by atoms with E-state index in [1.165, 1.54) is 6.07 Å². The van der Waals surface area contributed by atoms with Crippen LogP contribution in [0.25, 0.3) is 0 Å². The SMILES string of the molecule is COC(=O)c1cc(F)cc2c1C(=O)[C@@H](c1ccc(F)cc1F)[C@H](C1CCOC1)N2. The zero-order valence-electron chi connectivity index (χ0n) is 15.5. The van der Waals surface area contributed by atoms with Crippen LogP contribution < -0.4 is 5.32 Å². The van der Waals surface area contributed by atoms with Gasteiger partial charge < -0.3 is 14.8 Å². The minimum absolute atomic E-state index is 0.00610. The third-order valence-corrected chi connectivity index (χ3v) is 5.49. The average molecular weight is 405 g/mol. The van der Waals surface area contributed by atoms with E-state index < -0.39 is 41.2 Å². The van der Waals surface area contributed by atoms with E-state index in [-0.39, 0.29) is 28.3 Å². The molecule has 2 aliphatic heterocycles. The summed E-state index contributed by atoms with van der Waals surface area (Å²) in [6.07, 6.45) is 0.624.